The predicted molar refractivity (Wildman–Crippen MR) is 93.3 cm³/mol. The number of carbonyl (C=O) groups is 1. The zero-order chi connectivity index (χ0) is 16.5. The third-order valence-electron chi connectivity index (χ3n) is 4.01. The van der Waals surface area contributed by atoms with Crippen molar-refractivity contribution in [1.29, 1.82) is 0 Å². The summed E-state index contributed by atoms with van der Waals surface area (Å²) in [4.78, 5) is 23.0. The molecule has 0 aliphatic carbocycles. The van der Waals surface area contributed by atoms with E-state index in [0.29, 0.717) is 5.56 Å². The van der Waals surface area contributed by atoms with Crippen molar-refractivity contribution < 1.29 is 4.79 Å². The van der Waals surface area contributed by atoms with Gasteiger partial charge >= 0.3 is 0 Å². The Kier molecular flexibility index (Phi) is 3.31. The molecule has 24 heavy (non-hydrogen) atoms. The van der Waals surface area contributed by atoms with E-state index >= 15 is 0 Å². The number of fused-ring (bicyclic) bond motifs is 1. The fourth-order valence-electron chi connectivity index (χ4n) is 2.75. The standard InChI is InChI=1S/C19H14N4O/c20-18(24)13-5-3-12(4-6-13)17-11-23-19-16(17)8-15(10-22-19)14-2-1-7-21-9-14/h1-11H,(H2,20,24)(H,22,23). The topological polar surface area (TPSA) is 84.7 Å². The summed E-state index contributed by atoms with van der Waals surface area (Å²) in [5.74, 6) is -0.430. The first-order valence-electron chi connectivity index (χ1n) is 7.50. The molecule has 4 rings (SSSR count). The normalized spacial score (nSPS) is 10.8. The molecular weight excluding hydrogens is 300 g/mol. The minimum absolute atomic E-state index is 0.430. The second-order valence-electron chi connectivity index (χ2n) is 5.51. The van der Waals surface area contributed by atoms with E-state index in [0.717, 1.165) is 33.3 Å². The van der Waals surface area contributed by atoms with Gasteiger partial charge in [0.25, 0.3) is 0 Å². The highest BCUT2D eigenvalue weighted by atomic mass is 16.1. The van der Waals surface area contributed by atoms with Gasteiger partial charge in [-0.3, -0.25) is 9.78 Å². The fraction of sp³-hybridized carbons (Fsp3) is 0. The van der Waals surface area contributed by atoms with E-state index in [-0.39, 0.29) is 0 Å². The zero-order valence-corrected chi connectivity index (χ0v) is 12.7. The number of hydrogen-bond acceptors (Lipinski definition) is 3. The molecule has 1 amide bonds. The maximum Gasteiger partial charge on any atom is 0.248 e. The van der Waals surface area contributed by atoms with Crippen molar-refractivity contribution in [3.05, 3.63) is 72.8 Å². The first kappa shape index (κ1) is 14.1. The summed E-state index contributed by atoms with van der Waals surface area (Å²) in [6.07, 6.45) is 7.31. The summed E-state index contributed by atoms with van der Waals surface area (Å²) >= 11 is 0. The smallest absolute Gasteiger partial charge is 0.248 e. The molecule has 3 heterocycles. The average Bonchev–Trinajstić information content (AvgIpc) is 3.05. The quantitative estimate of drug-likeness (QED) is 0.608. The van der Waals surface area contributed by atoms with Crippen LogP contribution in [0.15, 0.2) is 67.3 Å². The first-order chi connectivity index (χ1) is 11.7. The van der Waals surface area contributed by atoms with Gasteiger partial charge in [0.05, 0.1) is 0 Å². The number of carbonyl (C=O) groups excluding carboxylic acids is 1. The van der Waals surface area contributed by atoms with Gasteiger partial charge in [0.15, 0.2) is 0 Å². The number of nitrogens with one attached hydrogen (secondary N) is 1. The maximum absolute atomic E-state index is 11.2. The van der Waals surface area contributed by atoms with Gasteiger partial charge < -0.3 is 10.7 Å². The van der Waals surface area contributed by atoms with Crippen LogP contribution in [0.2, 0.25) is 0 Å². The second kappa shape index (κ2) is 5.62. The first-order valence-corrected chi connectivity index (χ1v) is 7.50. The molecule has 0 radical (unpaired) electrons. The highest BCUT2D eigenvalue weighted by molar-refractivity contribution is 5.97. The van der Waals surface area contributed by atoms with Crippen LogP contribution in [-0.2, 0) is 0 Å². The van der Waals surface area contributed by atoms with Crippen LogP contribution in [0, 0.1) is 0 Å². The van der Waals surface area contributed by atoms with Gasteiger partial charge in [-0.15, -0.1) is 0 Å². The van der Waals surface area contributed by atoms with Crippen LogP contribution in [0.1, 0.15) is 10.4 Å². The molecule has 3 aromatic heterocycles. The second-order valence-corrected chi connectivity index (χ2v) is 5.51. The van der Waals surface area contributed by atoms with Crippen molar-refractivity contribution in [2.45, 2.75) is 0 Å². The van der Waals surface area contributed by atoms with Crippen LogP contribution in [0.5, 0.6) is 0 Å². The van der Waals surface area contributed by atoms with Crippen molar-refractivity contribution in [2.24, 2.45) is 5.73 Å². The Morgan fingerprint density at radius 3 is 2.54 bits per heavy atom. The lowest BCUT2D eigenvalue weighted by Crippen LogP contribution is -2.10. The molecule has 0 aliphatic heterocycles. The van der Waals surface area contributed by atoms with Gasteiger partial charge in [-0.05, 0) is 29.8 Å². The Morgan fingerprint density at radius 2 is 1.83 bits per heavy atom. The number of aromatic amines is 1. The Labute approximate surface area is 138 Å². The highest BCUT2D eigenvalue weighted by Crippen LogP contribution is 2.30. The Morgan fingerprint density at radius 1 is 1.00 bits per heavy atom. The molecular formula is C19H14N4O. The van der Waals surface area contributed by atoms with Gasteiger partial charge in [0.2, 0.25) is 5.91 Å². The van der Waals surface area contributed by atoms with Gasteiger partial charge in [0.1, 0.15) is 5.65 Å². The minimum atomic E-state index is -0.430. The summed E-state index contributed by atoms with van der Waals surface area (Å²) in [6, 6.07) is 13.2. The van der Waals surface area contributed by atoms with Crippen molar-refractivity contribution in [3.63, 3.8) is 0 Å². The number of benzene rings is 1. The number of amides is 1. The maximum atomic E-state index is 11.2. The monoisotopic (exact) mass is 314 g/mol. The van der Waals surface area contributed by atoms with Crippen LogP contribution >= 0.6 is 0 Å². The van der Waals surface area contributed by atoms with Gasteiger partial charge in [0, 0.05) is 52.4 Å². The summed E-state index contributed by atoms with van der Waals surface area (Å²) < 4.78 is 0. The van der Waals surface area contributed by atoms with Crippen LogP contribution in [-0.4, -0.2) is 20.9 Å². The van der Waals surface area contributed by atoms with Crippen molar-refractivity contribution >= 4 is 16.9 Å². The molecule has 0 spiro atoms. The van der Waals surface area contributed by atoms with Crippen LogP contribution in [0.25, 0.3) is 33.3 Å². The van der Waals surface area contributed by atoms with E-state index in [9.17, 15) is 4.79 Å². The Balaban J connectivity index is 1.83. The fourth-order valence-corrected chi connectivity index (χ4v) is 2.75. The van der Waals surface area contributed by atoms with E-state index in [1.807, 2.05) is 42.9 Å². The number of rotatable bonds is 3. The molecule has 0 aliphatic rings. The molecule has 5 nitrogen and oxygen atoms in total. The van der Waals surface area contributed by atoms with Crippen molar-refractivity contribution in [2.75, 3.05) is 0 Å². The number of nitrogens with zero attached hydrogens (tertiary/aromatic N) is 2. The Bertz CT molecular complexity index is 1020. The van der Waals surface area contributed by atoms with Gasteiger partial charge in [-0.1, -0.05) is 18.2 Å². The molecule has 0 saturated heterocycles. The van der Waals surface area contributed by atoms with Crippen molar-refractivity contribution in [1.82, 2.24) is 15.0 Å². The molecule has 116 valence electrons. The lowest BCUT2D eigenvalue weighted by molar-refractivity contribution is 0.100. The summed E-state index contributed by atoms with van der Waals surface area (Å²) in [7, 11) is 0. The molecule has 0 bridgehead atoms. The lowest BCUT2D eigenvalue weighted by atomic mass is 10.0. The Hall–Kier alpha value is -3.47. The number of pyridine rings is 2. The third-order valence-corrected chi connectivity index (χ3v) is 4.01. The zero-order valence-electron chi connectivity index (χ0n) is 12.7. The minimum Gasteiger partial charge on any atom is -0.366 e. The van der Waals surface area contributed by atoms with Crippen LogP contribution < -0.4 is 5.73 Å². The van der Waals surface area contributed by atoms with Gasteiger partial charge in [-0.25, -0.2) is 4.98 Å². The van der Waals surface area contributed by atoms with Crippen LogP contribution in [0.3, 0.4) is 0 Å². The number of H-pyrrole nitrogens is 1. The lowest BCUT2D eigenvalue weighted by Gasteiger charge is -2.04. The largest absolute Gasteiger partial charge is 0.366 e. The van der Waals surface area contributed by atoms with Crippen LogP contribution in [0.4, 0.5) is 0 Å². The highest BCUT2D eigenvalue weighted by Gasteiger charge is 2.10. The number of primary amides is 1. The molecule has 0 unspecified atom stereocenters. The summed E-state index contributed by atoms with van der Waals surface area (Å²) in [5.41, 5.74) is 10.7. The number of aromatic nitrogens is 3. The number of nitrogens with two attached hydrogens (primary N) is 1. The van der Waals surface area contributed by atoms with Gasteiger partial charge in [-0.2, -0.15) is 0 Å². The molecule has 0 saturated carbocycles. The molecule has 0 atom stereocenters. The van der Waals surface area contributed by atoms with E-state index < -0.39 is 5.91 Å². The van der Waals surface area contributed by atoms with E-state index in [2.05, 4.69) is 21.0 Å². The summed E-state index contributed by atoms with van der Waals surface area (Å²) in [6.45, 7) is 0. The summed E-state index contributed by atoms with van der Waals surface area (Å²) in [5, 5.41) is 1.02. The van der Waals surface area contributed by atoms with Crippen molar-refractivity contribution in [3.8, 4) is 22.3 Å². The predicted octanol–water partition coefficient (Wildman–Crippen LogP) is 3.39. The van der Waals surface area contributed by atoms with E-state index in [1.54, 1.807) is 18.3 Å². The molecule has 4 aromatic rings. The molecule has 5 heteroatoms. The molecule has 1 aromatic carbocycles. The SMILES string of the molecule is NC(=O)c1ccc(-c2c[nH]c3ncc(-c4cccnc4)cc23)cc1. The molecule has 3 N–H and O–H groups in total. The van der Waals surface area contributed by atoms with E-state index in [1.165, 1.54) is 0 Å². The molecule has 0 fully saturated rings. The average molecular weight is 314 g/mol. The van der Waals surface area contributed by atoms with E-state index in [4.69, 9.17) is 5.73 Å². The number of hydrogen-bond donors (Lipinski definition) is 2. The third kappa shape index (κ3) is 2.42.